The lowest BCUT2D eigenvalue weighted by atomic mass is 10.0. The maximum absolute atomic E-state index is 12.8. The Labute approximate surface area is 159 Å². The minimum atomic E-state index is -4.36. The predicted molar refractivity (Wildman–Crippen MR) is 97.5 cm³/mol. The third-order valence-electron chi connectivity index (χ3n) is 4.53. The summed E-state index contributed by atoms with van der Waals surface area (Å²) in [6.07, 6.45) is -0.928. The molecule has 0 radical (unpaired) electrons. The van der Waals surface area contributed by atoms with Gasteiger partial charge in [-0.1, -0.05) is 0 Å². The molecule has 0 aromatic carbocycles. The van der Waals surface area contributed by atoms with E-state index in [1.54, 1.807) is 6.20 Å². The molecular formula is C18H21F3N4OS. The molecule has 3 rings (SSSR count). The molecule has 1 amide bonds. The molecule has 9 heteroatoms. The number of pyridine rings is 1. The van der Waals surface area contributed by atoms with Crippen LogP contribution in [0.1, 0.15) is 35.2 Å². The van der Waals surface area contributed by atoms with E-state index >= 15 is 0 Å². The number of hydrogen-bond donors (Lipinski definition) is 1. The van der Waals surface area contributed by atoms with Gasteiger partial charge in [0.2, 0.25) is 5.91 Å². The van der Waals surface area contributed by atoms with E-state index in [9.17, 15) is 18.0 Å². The molecule has 27 heavy (non-hydrogen) atoms. The van der Waals surface area contributed by atoms with Gasteiger partial charge in [0.15, 0.2) is 5.13 Å². The highest BCUT2D eigenvalue weighted by molar-refractivity contribution is 7.15. The largest absolute Gasteiger partial charge is 0.418 e. The summed E-state index contributed by atoms with van der Waals surface area (Å²) in [7, 11) is 0. The van der Waals surface area contributed by atoms with Crippen molar-refractivity contribution < 1.29 is 18.0 Å². The number of anilines is 1. The third-order valence-corrected chi connectivity index (χ3v) is 5.43. The van der Waals surface area contributed by atoms with Crippen molar-refractivity contribution in [3.05, 3.63) is 40.2 Å². The second-order valence-electron chi connectivity index (χ2n) is 6.84. The number of nitrogens with zero attached hydrogens (tertiary/aromatic N) is 3. The van der Waals surface area contributed by atoms with Crippen LogP contribution < -0.4 is 5.32 Å². The third kappa shape index (κ3) is 5.26. The Balaban J connectivity index is 1.55. The molecule has 1 atom stereocenters. The molecule has 5 nitrogen and oxygen atoms in total. The number of aromatic nitrogens is 2. The van der Waals surface area contributed by atoms with E-state index < -0.39 is 11.7 Å². The lowest BCUT2D eigenvalue weighted by Crippen LogP contribution is -2.20. The maximum Gasteiger partial charge on any atom is 0.418 e. The van der Waals surface area contributed by atoms with Crippen LogP contribution in [0.15, 0.2) is 18.3 Å². The fourth-order valence-corrected chi connectivity index (χ4v) is 4.26. The Kier molecular flexibility index (Phi) is 5.81. The molecule has 1 aliphatic rings. The Bertz CT molecular complexity index is 821. The monoisotopic (exact) mass is 398 g/mol. The fourth-order valence-electron chi connectivity index (χ4n) is 3.35. The molecule has 1 fully saturated rings. The van der Waals surface area contributed by atoms with Crippen molar-refractivity contribution in [1.82, 2.24) is 14.9 Å². The highest BCUT2D eigenvalue weighted by Crippen LogP contribution is 2.32. The summed E-state index contributed by atoms with van der Waals surface area (Å²) in [5.41, 5.74) is 0.0718. The van der Waals surface area contributed by atoms with E-state index in [1.165, 1.54) is 31.3 Å². The van der Waals surface area contributed by atoms with E-state index in [2.05, 4.69) is 20.2 Å². The first-order valence-corrected chi connectivity index (χ1v) is 9.50. The summed E-state index contributed by atoms with van der Waals surface area (Å²) < 4.78 is 38.5. The average Bonchev–Trinajstić information content (AvgIpc) is 3.15. The number of halogens is 3. The first-order valence-electron chi connectivity index (χ1n) is 8.69. The standard InChI is InChI=1S/C18H21F3N4OS/c1-11-16(18(19,20)21)4-3-14(23-11)7-13-5-6-25(9-13)10-15-8-22-17(27-15)24-12(2)26/h3-4,8,13H,5-7,9-10H2,1-2H3,(H,22,24,26). The summed E-state index contributed by atoms with van der Waals surface area (Å²) >= 11 is 1.46. The topological polar surface area (TPSA) is 58.1 Å². The summed E-state index contributed by atoms with van der Waals surface area (Å²) in [4.78, 5) is 22.8. The lowest BCUT2D eigenvalue weighted by Gasteiger charge is -2.15. The van der Waals surface area contributed by atoms with Gasteiger partial charge in [-0.05, 0) is 44.4 Å². The summed E-state index contributed by atoms with van der Waals surface area (Å²) in [6.45, 7) is 5.41. The number of rotatable bonds is 5. The molecule has 0 spiro atoms. The first-order chi connectivity index (χ1) is 12.7. The maximum atomic E-state index is 12.8. The smallest absolute Gasteiger partial charge is 0.302 e. The number of carbonyl (C=O) groups is 1. The predicted octanol–water partition coefficient (Wildman–Crippen LogP) is 3.89. The number of carbonyl (C=O) groups excluding carboxylic acids is 1. The van der Waals surface area contributed by atoms with Crippen LogP contribution in [0, 0.1) is 12.8 Å². The normalized spacial score (nSPS) is 18.0. The van der Waals surface area contributed by atoms with Crippen LogP contribution in [-0.4, -0.2) is 33.9 Å². The molecule has 0 saturated carbocycles. The van der Waals surface area contributed by atoms with Crippen LogP contribution in [0.5, 0.6) is 0 Å². The number of amides is 1. The molecule has 1 aliphatic heterocycles. The zero-order valence-corrected chi connectivity index (χ0v) is 16.0. The van der Waals surface area contributed by atoms with Gasteiger partial charge < -0.3 is 5.32 Å². The Hall–Kier alpha value is -2.00. The SMILES string of the molecule is CC(=O)Nc1ncc(CN2CCC(Cc3ccc(C(F)(F)F)c(C)n3)C2)s1. The second-order valence-corrected chi connectivity index (χ2v) is 7.96. The number of alkyl halides is 3. The van der Waals surface area contributed by atoms with Crippen LogP contribution in [0.25, 0.3) is 0 Å². The average molecular weight is 398 g/mol. The highest BCUT2D eigenvalue weighted by atomic mass is 32.1. The van der Waals surface area contributed by atoms with Crippen LogP contribution in [0.3, 0.4) is 0 Å². The van der Waals surface area contributed by atoms with Crippen LogP contribution in [-0.2, 0) is 23.9 Å². The Morgan fingerprint density at radius 2 is 2.19 bits per heavy atom. The minimum absolute atomic E-state index is 0.0324. The van der Waals surface area contributed by atoms with E-state index in [1.807, 2.05) is 0 Å². The van der Waals surface area contributed by atoms with Crippen molar-refractivity contribution in [2.24, 2.45) is 5.92 Å². The van der Waals surface area contributed by atoms with Gasteiger partial charge in [-0.25, -0.2) is 4.98 Å². The number of nitrogens with one attached hydrogen (secondary N) is 1. The van der Waals surface area contributed by atoms with Crippen molar-refractivity contribution in [2.45, 2.75) is 39.4 Å². The zero-order chi connectivity index (χ0) is 19.6. The van der Waals surface area contributed by atoms with Gasteiger partial charge in [-0.3, -0.25) is 14.7 Å². The van der Waals surface area contributed by atoms with E-state index in [-0.39, 0.29) is 11.6 Å². The van der Waals surface area contributed by atoms with Crippen molar-refractivity contribution >= 4 is 22.4 Å². The molecule has 1 unspecified atom stereocenters. The van der Waals surface area contributed by atoms with Crippen molar-refractivity contribution in [2.75, 3.05) is 18.4 Å². The number of aryl methyl sites for hydroxylation is 1. The molecule has 2 aromatic heterocycles. The number of thiazole rings is 1. The van der Waals surface area contributed by atoms with Gasteiger partial charge in [-0.15, -0.1) is 11.3 Å². The molecule has 3 heterocycles. The van der Waals surface area contributed by atoms with E-state index in [0.29, 0.717) is 23.2 Å². The summed E-state index contributed by atoms with van der Waals surface area (Å²) in [6, 6.07) is 2.62. The van der Waals surface area contributed by atoms with Crippen molar-refractivity contribution in [3.63, 3.8) is 0 Å². The molecule has 0 bridgehead atoms. The van der Waals surface area contributed by atoms with Gasteiger partial charge in [0.25, 0.3) is 0 Å². The molecule has 1 N–H and O–H groups in total. The number of hydrogen-bond acceptors (Lipinski definition) is 5. The van der Waals surface area contributed by atoms with Crippen LogP contribution in [0.4, 0.5) is 18.3 Å². The minimum Gasteiger partial charge on any atom is -0.302 e. The molecule has 146 valence electrons. The van der Waals surface area contributed by atoms with Gasteiger partial charge >= 0.3 is 6.18 Å². The fraction of sp³-hybridized carbons (Fsp3) is 0.500. The lowest BCUT2D eigenvalue weighted by molar-refractivity contribution is -0.138. The quantitative estimate of drug-likeness (QED) is 0.830. The zero-order valence-electron chi connectivity index (χ0n) is 15.1. The Morgan fingerprint density at radius 3 is 2.85 bits per heavy atom. The number of likely N-dealkylation sites (tertiary alicyclic amines) is 1. The van der Waals surface area contributed by atoms with Crippen molar-refractivity contribution in [1.29, 1.82) is 0 Å². The van der Waals surface area contributed by atoms with Gasteiger partial charge in [0.05, 0.1) is 5.56 Å². The van der Waals surface area contributed by atoms with E-state index in [4.69, 9.17) is 0 Å². The van der Waals surface area contributed by atoms with Gasteiger partial charge in [0.1, 0.15) is 0 Å². The summed E-state index contributed by atoms with van der Waals surface area (Å²) in [5, 5.41) is 3.27. The van der Waals surface area contributed by atoms with E-state index in [0.717, 1.165) is 37.0 Å². The van der Waals surface area contributed by atoms with Crippen molar-refractivity contribution in [3.8, 4) is 0 Å². The van der Waals surface area contributed by atoms with Crippen LogP contribution in [0.2, 0.25) is 0 Å². The molecule has 0 aliphatic carbocycles. The van der Waals surface area contributed by atoms with Gasteiger partial charge in [-0.2, -0.15) is 13.2 Å². The van der Waals surface area contributed by atoms with Gasteiger partial charge in [0, 0.05) is 42.5 Å². The first kappa shape index (κ1) is 19.8. The summed E-state index contributed by atoms with van der Waals surface area (Å²) in [5.74, 6) is 0.229. The highest BCUT2D eigenvalue weighted by Gasteiger charge is 2.33. The Morgan fingerprint density at radius 1 is 1.41 bits per heavy atom. The molecular weight excluding hydrogens is 377 g/mol. The second kappa shape index (κ2) is 7.93. The molecule has 1 saturated heterocycles. The molecule has 2 aromatic rings. The van der Waals surface area contributed by atoms with Crippen LogP contribution >= 0.6 is 11.3 Å².